The van der Waals surface area contributed by atoms with Crippen molar-refractivity contribution in [1.29, 1.82) is 0 Å². The molecule has 1 fully saturated rings. The summed E-state index contributed by atoms with van der Waals surface area (Å²) in [4.78, 5) is 0. The first-order valence-electron chi connectivity index (χ1n) is 6.22. The standard InChI is InChI=1S/C14H18Br2O2/c1-14(10-15,12-6-2-3-7-13(12)16)18-9-11-5-4-8-17-11/h2-3,6-7,11H,4-5,8-10H2,1H3. The van der Waals surface area contributed by atoms with Crippen molar-refractivity contribution in [3.8, 4) is 0 Å². The second kappa shape index (κ2) is 6.51. The Labute approximate surface area is 125 Å². The van der Waals surface area contributed by atoms with Crippen molar-refractivity contribution in [2.45, 2.75) is 31.5 Å². The third-order valence-electron chi connectivity index (χ3n) is 3.31. The van der Waals surface area contributed by atoms with Crippen molar-refractivity contribution in [1.82, 2.24) is 0 Å². The lowest BCUT2D eigenvalue weighted by atomic mass is 9.98. The van der Waals surface area contributed by atoms with Gasteiger partial charge in [-0.05, 0) is 31.4 Å². The smallest absolute Gasteiger partial charge is 0.101 e. The van der Waals surface area contributed by atoms with Gasteiger partial charge in [-0.25, -0.2) is 0 Å². The van der Waals surface area contributed by atoms with E-state index in [9.17, 15) is 0 Å². The van der Waals surface area contributed by atoms with Crippen LogP contribution >= 0.6 is 31.9 Å². The highest BCUT2D eigenvalue weighted by atomic mass is 79.9. The van der Waals surface area contributed by atoms with Gasteiger partial charge in [0.15, 0.2) is 0 Å². The quantitative estimate of drug-likeness (QED) is 0.714. The van der Waals surface area contributed by atoms with Crippen molar-refractivity contribution in [3.63, 3.8) is 0 Å². The highest BCUT2D eigenvalue weighted by molar-refractivity contribution is 9.10. The molecule has 1 aromatic carbocycles. The SMILES string of the molecule is CC(CBr)(OCC1CCCO1)c1ccccc1Br. The van der Waals surface area contributed by atoms with Crippen LogP contribution in [-0.2, 0) is 15.1 Å². The summed E-state index contributed by atoms with van der Waals surface area (Å²) in [5.41, 5.74) is 0.839. The molecular weight excluding hydrogens is 360 g/mol. The molecule has 100 valence electrons. The maximum atomic E-state index is 6.13. The molecule has 4 heteroatoms. The number of hydrogen-bond acceptors (Lipinski definition) is 2. The number of alkyl halides is 1. The molecule has 0 radical (unpaired) electrons. The predicted molar refractivity (Wildman–Crippen MR) is 80.2 cm³/mol. The normalized spacial score (nSPS) is 22.9. The third kappa shape index (κ3) is 3.35. The van der Waals surface area contributed by atoms with E-state index in [0.717, 1.165) is 29.3 Å². The van der Waals surface area contributed by atoms with Crippen molar-refractivity contribution >= 4 is 31.9 Å². The van der Waals surface area contributed by atoms with E-state index in [4.69, 9.17) is 9.47 Å². The Balaban J connectivity index is 2.07. The first-order valence-corrected chi connectivity index (χ1v) is 8.14. The maximum absolute atomic E-state index is 6.13. The molecule has 1 heterocycles. The molecule has 1 aromatic rings. The van der Waals surface area contributed by atoms with Crippen LogP contribution in [0.3, 0.4) is 0 Å². The maximum Gasteiger partial charge on any atom is 0.101 e. The van der Waals surface area contributed by atoms with Gasteiger partial charge in [0, 0.05) is 16.4 Å². The Morgan fingerprint density at radius 1 is 1.44 bits per heavy atom. The first kappa shape index (κ1) is 14.5. The topological polar surface area (TPSA) is 18.5 Å². The fourth-order valence-corrected chi connectivity index (χ4v) is 3.30. The van der Waals surface area contributed by atoms with Gasteiger partial charge in [0.2, 0.25) is 0 Å². The summed E-state index contributed by atoms with van der Waals surface area (Å²) in [5.74, 6) is 0. The highest BCUT2D eigenvalue weighted by Gasteiger charge is 2.30. The summed E-state index contributed by atoms with van der Waals surface area (Å²) in [5, 5.41) is 0.759. The van der Waals surface area contributed by atoms with E-state index in [0.29, 0.717) is 6.61 Å². The third-order valence-corrected chi connectivity index (χ3v) is 5.07. The van der Waals surface area contributed by atoms with Gasteiger partial charge in [0.05, 0.1) is 12.7 Å². The van der Waals surface area contributed by atoms with Gasteiger partial charge in [-0.2, -0.15) is 0 Å². The summed E-state index contributed by atoms with van der Waals surface area (Å²) >= 11 is 7.16. The molecular formula is C14H18Br2O2. The molecule has 0 N–H and O–H groups in total. The zero-order valence-electron chi connectivity index (χ0n) is 10.5. The van der Waals surface area contributed by atoms with Crippen LogP contribution in [0.2, 0.25) is 0 Å². The summed E-state index contributed by atoms with van der Waals surface area (Å²) < 4.78 is 12.8. The van der Waals surface area contributed by atoms with Crippen molar-refractivity contribution in [3.05, 3.63) is 34.3 Å². The predicted octanol–water partition coefficient (Wildman–Crippen LogP) is 4.25. The molecule has 2 nitrogen and oxygen atoms in total. The molecule has 18 heavy (non-hydrogen) atoms. The van der Waals surface area contributed by atoms with E-state index in [1.54, 1.807) is 0 Å². The fourth-order valence-electron chi connectivity index (χ4n) is 2.13. The molecule has 2 rings (SSSR count). The summed E-state index contributed by atoms with van der Waals surface area (Å²) in [6, 6.07) is 8.20. The van der Waals surface area contributed by atoms with Gasteiger partial charge in [-0.15, -0.1) is 0 Å². The molecule has 0 saturated carbocycles. The number of ether oxygens (including phenoxy) is 2. The average molecular weight is 378 g/mol. The zero-order valence-corrected chi connectivity index (χ0v) is 13.7. The molecule has 1 aliphatic rings. The molecule has 2 unspecified atom stereocenters. The lowest BCUT2D eigenvalue weighted by Crippen LogP contribution is -2.32. The molecule has 0 aromatic heterocycles. The van der Waals surface area contributed by atoms with Crippen molar-refractivity contribution < 1.29 is 9.47 Å². The van der Waals surface area contributed by atoms with Crippen LogP contribution in [0.4, 0.5) is 0 Å². The van der Waals surface area contributed by atoms with Crippen LogP contribution < -0.4 is 0 Å². The molecule has 0 bridgehead atoms. The van der Waals surface area contributed by atoms with E-state index in [1.165, 1.54) is 5.56 Å². The van der Waals surface area contributed by atoms with Crippen LogP contribution in [-0.4, -0.2) is 24.6 Å². The molecule has 0 spiro atoms. The Bertz CT molecular complexity index is 391. The summed E-state index contributed by atoms with van der Waals surface area (Å²) in [7, 11) is 0. The fraction of sp³-hybridized carbons (Fsp3) is 0.571. The lowest BCUT2D eigenvalue weighted by Gasteiger charge is -2.30. The number of rotatable bonds is 5. The van der Waals surface area contributed by atoms with Crippen molar-refractivity contribution in [2.75, 3.05) is 18.5 Å². The van der Waals surface area contributed by atoms with Crippen LogP contribution in [0.25, 0.3) is 0 Å². The van der Waals surface area contributed by atoms with Gasteiger partial charge >= 0.3 is 0 Å². The first-order chi connectivity index (χ1) is 8.65. The zero-order chi connectivity index (χ0) is 13.0. The summed E-state index contributed by atoms with van der Waals surface area (Å²) in [6.07, 6.45) is 2.51. The minimum Gasteiger partial charge on any atom is -0.376 e. The molecule has 1 saturated heterocycles. The monoisotopic (exact) mass is 376 g/mol. The van der Waals surface area contributed by atoms with Crippen LogP contribution in [0.15, 0.2) is 28.7 Å². The Morgan fingerprint density at radius 3 is 2.83 bits per heavy atom. The number of benzene rings is 1. The highest BCUT2D eigenvalue weighted by Crippen LogP contribution is 2.33. The second-order valence-electron chi connectivity index (χ2n) is 4.79. The Morgan fingerprint density at radius 2 is 2.22 bits per heavy atom. The van der Waals surface area contributed by atoms with Gasteiger partial charge in [0.1, 0.15) is 5.60 Å². The number of halogens is 2. The van der Waals surface area contributed by atoms with Gasteiger partial charge in [0.25, 0.3) is 0 Å². The average Bonchev–Trinajstić information content (AvgIpc) is 2.90. The molecule has 0 aliphatic carbocycles. The summed E-state index contributed by atoms with van der Waals surface area (Å²) in [6.45, 7) is 3.63. The lowest BCUT2D eigenvalue weighted by molar-refractivity contribution is -0.0655. The van der Waals surface area contributed by atoms with E-state index in [1.807, 2.05) is 18.2 Å². The van der Waals surface area contributed by atoms with Crippen molar-refractivity contribution in [2.24, 2.45) is 0 Å². The second-order valence-corrected chi connectivity index (χ2v) is 6.21. The number of hydrogen-bond donors (Lipinski definition) is 0. The van der Waals surface area contributed by atoms with Gasteiger partial charge < -0.3 is 9.47 Å². The van der Waals surface area contributed by atoms with Crippen LogP contribution in [0.1, 0.15) is 25.3 Å². The minimum atomic E-state index is -0.327. The molecule has 1 aliphatic heterocycles. The molecule has 0 amide bonds. The van der Waals surface area contributed by atoms with Gasteiger partial charge in [-0.1, -0.05) is 50.1 Å². The van der Waals surface area contributed by atoms with E-state index < -0.39 is 0 Å². The Kier molecular flexibility index (Phi) is 5.24. The van der Waals surface area contributed by atoms with E-state index in [-0.39, 0.29) is 11.7 Å². The minimum absolute atomic E-state index is 0.255. The Hall–Kier alpha value is 0.100. The van der Waals surface area contributed by atoms with Crippen LogP contribution in [0, 0.1) is 0 Å². The van der Waals surface area contributed by atoms with Crippen LogP contribution in [0.5, 0.6) is 0 Å². The van der Waals surface area contributed by atoms with E-state index in [2.05, 4.69) is 44.8 Å². The molecule has 2 atom stereocenters. The largest absolute Gasteiger partial charge is 0.376 e. The van der Waals surface area contributed by atoms with E-state index >= 15 is 0 Å². The van der Waals surface area contributed by atoms with Gasteiger partial charge in [-0.3, -0.25) is 0 Å².